The number of benzene rings is 1. The van der Waals surface area contributed by atoms with E-state index in [1.807, 2.05) is 4.90 Å². The van der Waals surface area contributed by atoms with Crippen LogP contribution in [0.2, 0.25) is 0 Å². The highest BCUT2D eigenvalue weighted by Gasteiger charge is 2.20. The predicted molar refractivity (Wildman–Crippen MR) is 78.3 cm³/mol. The Morgan fingerprint density at radius 1 is 0.944 bits per heavy atom. The summed E-state index contributed by atoms with van der Waals surface area (Å²) in [6.07, 6.45) is 0.956. The van der Waals surface area contributed by atoms with E-state index in [-0.39, 0.29) is 6.04 Å². The molecule has 18 heavy (non-hydrogen) atoms. The maximum atomic E-state index is 11.4. The lowest BCUT2D eigenvalue weighted by Gasteiger charge is -2.29. The summed E-state index contributed by atoms with van der Waals surface area (Å²) < 4.78 is 0. The van der Waals surface area contributed by atoms with E-state index in [1.165, 1.54) is 11.1 Å². The minimum Gasteiger partial charge on any atom is -0.312 e. The molecule has 0 aromatic heterocycles. The maximum absolute atomic E-state index is 11.4. The number of amides is 1. The molecule has 0 unspecified atom stereocenters. The fraction of sp³-hybridized carbons (Fsp3) is 0.562. The Kier molecular flexibility index (Phi) is 4.94. The monoisotopic (exact) mass is 247 g/mol. The van der Waals surface area contributed by atoms with E-state index in [2.05, 4.69) is 59.7 Å². The summed E-state index contributed by atoms with van der Waals surface area (Å²) in [4.78, 5) is 13.3. The van der Waals surface area contributed by atoms with Crippen molar-refractivity contribution in [3.05, 3.63) is 29.3 Å². The van der Waals surface area contributed by atoms with Crippen molar-refractivity contribution in [2.45, 2.75) is 59.4 Å². The van der Waals surface area contributed by atoms with Crippen LogP contribution in [0.5, 0.6) is 0 Å². The van der Waals surface area contributed by atoms with Crippen LogP contribution in [0.1, 0.15) is 64.5 Å². The molecule has 0 saturated heterocycles. The standard InChI is InChI=1S/C16H25NO/c1-11(2)14-8-7-9-15(12(3)4)16(14)17(10-18)13(5)6/h7-13H,1-6H3. The molecule has 0 aliphatic rings. The molecule has 2 nitrogen and oxygen atoms in total. The van der Waals surface area contributed by atoms with Gasteiger partial charge in [0, 0.05) is 6.04 Å². The van der Waals surface area contributed by atoms with Gasteiger partial charge in [0.2, 0.25) is 6.41 Å². The lowest BCUT2D eigenvalue weighted by molar-refractivity contribution is -0.107. The molecule has 1 aromatic carbocycles. The van der Waals surface area contributed by atoms with E-state index in [0.717, 1.165) is 12.1 Å². The highest BCUT2D eigenvalue weighted by atomic mass is 16.1. The van der Waals surface area contributed by atoms with Gasteiger partial charge in [0.05, 0.1) is 5.69 Å². The van der Waals surface area contributed by atoms with Crippen LogP contribution in [0, 0.1) is 0 Å². The summed E-state index contributed by atoms with van der Waals surface area (Å²) in [5.74, 6) is 0.833. The third-order valence-corrected chi connectivity index (χ3v) is 3.27. The first kappa shape index (κ1) is 14.7. The topological polar surface area (TPSA) is 20.3 Å². The van der Waals surface area contributed by atoms with Crippen LogP contribution in [-0.2, 0) is 4.79 Å². The Morgan fingerprint density at radius 3 is 1.67 bits per heavy atom. The zero-order valence-electron chi connectivity index (χ0n) is 12.4. The summed E-state index contributed by atoms with van der Waals surface area (Å²) in [6.45, 7) is 12.8. The number of carbonyl (C=O) groups is 1. The van der Waals surface area contributed by atoms with Crippen molar-refractivity contribution in [1.29, 1.82) is 0 Å². The van der Waals surface area contributed by atoms with Gasteiger partial charge in [0.15, 0.2) is 0 Å². The average molecular weight is 247 g/mol. The van der Waals surface area contributed by atoms with Crippen LogP contribution in [0.4, 0.5) is 5.69 Å². The number of anilines is 1. The summed E-state index contributed by atoms with van der Waals surface area (Å²) in [6, 6.07) is 6.53. The highest BCUT2D eigenvalue weighted by Crippen LogP contribution is 2.35. The van der Waals surface area contributed by atoms with Gasteiger partial charge in [-0.3, -0.25) is 4.79 Å². The SMILES string of the molecule is CC(C)c1cccc(C(C)C)c1N(C=O)C(C)C. The van der Waals surface area contributed by atoms with E-state index in [0.29, 0.717) is 11.8 Å². The van der Waals surface area contributed by atoms with Gasteiger partial charge in [-0.2, -0.15) is 0 Å². The van der Waals surface area contributed by atoms with Crippen molar-refractivity contribution in [3.63, 3.8) is 0 Å². The Hall–Kier alpha value is -1.31. The van der Waals surface area contributed by atoms with Crippen molar-refractivity contribution in [3.8, 4) is 0 Å². The normalized spacial score (nSPS) is 11.4. The Labute approximate surface area is 111 Å². The lowest BCUT2D eigenvalue weighted by Crippen LogP contribution is -2.31. The quantitative estimate of drug-likeness (QED) is 0.710. The van der Waals surface area contributed by atoms with Gasteiger partial charge in [-0.1, -0.05) is 45.9 Å². The van der Waals surface area contributed by atoms with Gasteiger partial charge >= 0.3 is 0 Å². The summed E-state index contributed by atoms with van der Waals surface area (Å²) in [7, 11) is 0. The highest BCUT2D eigenvalue weighted by molar-refractivity contribution is 5.80. The maximum Gasteiger partial charge on any atom is 0.214 e. The van der Waals surface area contributed by atoms with Crippen molar-refractivity contribution < 1.29 is 4.79 Å². The molecule has 0 atom stereocenters. The number of para-hydroxylation sites is 1. The largest absolute Gasteiger partial charge is 0.312 e. The van der Waals surface area contributed by atoms with Crippen molar-refractivity contribution >= 4 is 12.1 Å². The molecule has 1 amide bonds. The third-order valence-electron chi connectivity index (χ3n) is 3.27. The second-order valence-electron chi connectivity index (χ2n) is 5.70. The first-order valence-electron chi connectivity index (χ1n) is 6.76. The zero-order chi connectivity index (χ0) is 13.9. The molecule has 1 aromatic rings. The summed E-state index contributed by atoms with van der Waals surface area (Å²) in [5.41, 5.74) is 3.61. The molecule has 0 aliphatic heterocycles. The van der Waals surface area contributed by atoms with Crippen LogP contribution in [0.25, 0.3) is 0 Å². The molecule has 0 bridgehead atoms. The molecule has 0 N–H and O–H groups in total. The molecule has 0 spiro atoms. The first-order valence-corrected chi connectivity index (χ1v) is 6.76. The summed E-state index contributed by atoms with van der Waals surface area (Å²) >= 11 is 0. The fourth-order valence-corrected chi connectivity index (χ4v) is 2.24. The molecule has 0 aliphatic carbocycles. The number of rotatable bonds is 5. The fourth-order valence-electron chi connectivity index (χ4n) is 2.24. The zero-order valence-corrected chi connectivity index (χ0v) is 12.4. The minimum atomic E-state index is 0.180. The van der Waals surface area contributed by atoms with Crippen LogP contribution in [0.3, 0.4) is 0 Å². The number of carbonyl (C=O) groups excluding carboxylic acids is 1. The van der Waals surface area contributed by atoms with E-state index in [1.54, 1.807) is 0 Å². The number of nitrogens with zero attached hydrogens (tertiary/aromatic N) is 1. The second kappa shape index (κ2) is 6.03. The van der Waals surface area contributed by atoms with Crippen LogP contribution in [0.15, 0.2) is 18.2 Å². The van der Waals surface area contributed by atoms with E-state index < -0.39 is 0 Å². The molecule has 0 saturated carbocycles. The van der Waals surface area contributed by atoms with Gasteiger partial charge in [0.25, 0.3) is 0 Å². The second-order valence-corrected chi connectivity index (χ2v) is 5.70. The molecular formula is C16H25NO. The van der Waals surface area contributed by atoms with Crippen LogP contribution < -0.4 is 4.90 Å². The average Bonchev–Trinajstić information content (AvgIpc) is 2.28. The lowest BCUT2D eigenvalue weighted by atomic mass is 9.91. The van der Waals surface area contributed by atoms with Crippen molar-refractivity contribution in [2.24, 2.45) is 0 Å². The Morgan fingerprint density at radius 2 is 1.39 bits per heavy atom. The van der Waals surface area contributed by atoms with Crippen LogP contribution >= 0.6 is 0 Å². The molecule has 0 heterocycles. The van der Waals surface area contributed by atoms with E-state index in [9.17, 15) is 4.79 Å². The number of hydrogen-bond donors (Lipinski definition) is 0. The predicted octanol–water partition coefficient (Wildman–Crippen LogP) is 4.30. The minimum absolute atomic E-state index is 0.180. The smallest absolute Gasteiger partial charge is 0.214 e. The first-order chi connectivity index (χ1) is 8.40. The van der Waals surface area contributed by atoms with E-state index in [4.69, 9.17) is 0 Å². The van der Waals surface area contributed by atoms with Gasteiger partial charge < -0.3 is 4.90 Å². The summed E-state index contributed by atoms with van der Waals surface area (Å²) in [5, 5.41) is 0. The Balaban J connectivity index is 3.48. The third kappa shape index (κ3) is 2.92. The van der Waals surface area contributed by atoms with Gasteiger partial charge in [-0.25, -0.2) is 0 Å². The van der Waals surface area contributed by atoms with Gasteiger partial charge in [0.1, 0.15) is 0 Å². The molecule has 0 radical (unpaired) electrons. The molecule has 0 fully saturated rings. The van der Waals surface area contributed by atoms with Crippen LogP contribution in [-0.4, -0.2) is 12.5 Å². The molecule has 1 rings (SSSR count). The van der Waals surface area contributed by atoms with Gasteiger partial charge in [-0.05, 0) is 36.8 Å². The van der Waals surface area contributed by atoms with Crippen molar-refractivity contribution in [2.75, 3.05) is 4.90 Å². The number of hydrogen-bond acceptors (Lipinski definition) is 1. The molecular weight excluding hydrogens is 222 g/mol. The van der Waals surface area contributed by atoms with E-state index >= 15 is 0 Å². The van der Waals surface area contributed by atoms with Crippen molar-refractivity contribution in [1.82, 2.24) is 0 Å². The van der Waals surface area contributed by atoms with Gasteiger partial charge in [-0.15, -0.1) is 0 Å². The molecule has 2 heteroatoms. The Bertz CT molecular complexity index is 381. The molecule has 100 valence electrons.